The van der Waals surface area contributed by atoms with Crippen molar-refractivity contribution in [2.45, 2.75) is 59.2 Å². The van der Waals surface area contributed by atoms with Gasteiger partial charge in [0.25, 0.3) is 0 Å². The van der Waals surface area contributed by atoms with Crippen LogP contribution in [-0.4, -0.2) is 38.8 Å². The molecule has 1 atom stereocenters. The molecule has 3 rings (SSSR count). The summed E-state index contributed by atoms with van der Waals surface area (Å²) in [7, 11) is 1.80. The van der Waals surface area contributed by atoms with E-state index in [0.717, 1.165) is 60.7 Å². The van der Waals surface area contributed by atoms with Gasteiger partial charge < -0.3 is 10.6 Å². The van der Waals surface area contributed by atoms with Crippen molar-refractivity contribution in [3.8, 4) is 0 Å². The van der Waals surface area contributed by atoms with Crippen LogP contribution in [-0.2, 0) is 25.9 Å². The lowest BCUT2D eigenvalue weighted by Crippen LogP contribution is -2.46. The first-order chi connectivity index (χ1) is 11.6. The molecule has 0 aromatic carbocycles. The summed E-state index contributed by atoms with van der Waals surface area (Å²) in [4.78, 5) is 14.6. The van der Waals surface area contributed by atoms with Gasteiger partial charge in [-0.2, -0.15) is 5.10 Å². The topological polar surface area (TPSA) is 80.0 Å². The molecule has 0 radical (unpaired) electrons. The number of nitrogens with zero attached hydrogens (tertiary/aromatic N) is 5. The van der Waals surface area contributed by atoms with E-state index in [1.807, 2.05) is 11.6 Å². The van der Waals surface area contributed by atoms with Crippen molar-refractivity contribution in [1.82, 2.24) is 30.4 Å². The molecule has 0 saturated carbocycles. The highest BCUT2D eigenvalue weighted by Gasteiger charge is 2.22. The van der Waals surface area contributed by atoms with Crippen molar-refractivity contribution in [3.63, 3.8) is 0 Å². The second-order valence-electron chi connectivity index (χ2n) is 6.03. The number of fused-ring (bicyclic) bond motifs is 1. The maximum Gasteiger partial charge on any atom is 0.191 e. The first kappa shape index (κ1) is 16.9. The highest BCUT2D eigenvalue weighted by Crippen LogP contribution is 2.17. The number of rotatable bonds is 4. The van der Waals surface area contributed by atoms with Crippen LogP contribution in [0.2, 0.25) is 0 Å². The van der Waals surface area contributed by atoms with E-state index in [0.29, 0.717) is 6.04 Å². The molecule has 3 heterocycles. The molecule has 0 aliphatic carbocycles. The summed E-state index contributed by atoms with van der Waals surface area (Å²) in [6.07, 6.45) is 2.88. The molecule has 8 heteroatoms. The van der Waals surface area contributed by atoms with E-state index in [4.69, 9.17) is 0 Å². The van der Waals surface area contributed by atoms with Gasteiger partial charge in [0, 0.05) is 30.8 Å². The summed E-state index contributed by atoms with van der Waals surface area (Å²) < 4.78 is 2.03. The van der Waals surface area contributed by atoms with Gasteiger partial charge in [-0.3, -0.25) is 4.99 Å². The first-order valence-electron chi connectivity index (χ1n) is 8.41. The lowest BCUT2D eigenvalue weighted by Gasteiger charge is -2.25. The third kappa shape index (κ3) is 3.75. The Balaban J connectivity index is 1.57. The van der Waals surface area contributed by atoms with E-state index >= 15 is 0 Å². The van der Waals surface area contributed by atoms with Crippen LogP contribution in [0.1, 0.15) is 40.6 Å². The second kappa shape index (κ2) is 7.29. The quantitative estimate of drug-likeness (QED) is 0.649. The van der Waals surface area contributed by atoms with Crippen molar-refractivity contribution in [3.05, 3.63) is 27.2 Å². The van der Waals surface area contributed by atoms with E-state index in [9.17, 15) is 0 Å². The fourth-order valence-electron chi connectivity index (χ4n) is 2.92. The monoisotopic (exact) mass is 347 g/mol. The van der Waals surface area contributed by atoms with Gasteiger partial charge in [-0.25, -0.2) is 14.6 Å². The Morgan fingerprint density at radius 3 is 2.88 bits per heavy atom. The summed E-state index contributed by atoms with van der Waals surface area (Å²) in [5.74, 6) is 2.86. The predicted octanol–water partition coefficient (Wildman–Crippen LogP) is 1.59. The summed E-state index contributed by atoms with van der Waals surface area (Å²) >= 11 is 1.73. The normalized spacial score (nSPS) is 17.7. The van der Waals surface area contributed by atoms with Crippen LogP contribution in [0.15, 0.2) is 4.99 Å². The van der Waals surface area contributed by atoms with Crippen LogP contribution in [0.4, 0.5) is 0 Å². The maximum absolute atomic E-state index is 4.56. The van der Waals surface area contributed by atoms with Crippen LogP contribution in [0.25, 0.3) is 0 Å². The minimum absolute atomic E-state index is 0.319. The largest absolute Gasteiger partial charge is 0.352 e. The molecule has 0 amide bonds. The Kier molecular flexibility index (Phi) is 5.13. The zero-order valence-electron chi connectivity index (χ0n) is 14.8. The summed E-state index contributed by atoms with van der Waals surface area (Å²) in [5, 5.41) is 12.6. The number of hydrogen-bond donors (Lipinski definition) is 2. The second-order valence-corrected chi connectivity index (χ2v) is 7.31. The zero-order valence-corrected chi connectivity index (χ0v) is 15.6. The number of hydrogen-bond acceptors (Lipinski definition) is 5. The molecule has 1 aliphatic rings. The number of thiazole rings is 1. The molecule has 2 aromatic heterocycles. The van der Waals surface area contributed by atoms with Crippen molar-refractivity contribution < 1.29 is 0 Å². The minimum atomic E-state index is 0.319. The van der Waals surface area contributed by atoms with Crippen LogP contribution in [0, 0.1) is 13.8 Å². The van der Waals surface area contributed by atoms with Gasteiger partial charge in [0.2, 0.25) is 0 Å². The van der Waals surface area contributed by atoms with Gasteiger partial charge >= 0.3 is 0 Å². The van der Waals surface area contributed by atoms with Crippen LogP contribution in [0.3, 0.4) is 0 Å². The van der Waals surface area contributed by atoms with E-state index < -0.39 is 0 Å². The maximum atomic E-state index is 4.56. The Morgan fingerprint density at radius 2 is 2.21 bits per heavy atom. The lowest BCUT2D eigenvalue weighted by atomic mass is 10.1. The molecule has 2 N–H and O–H groups in total. The van der Waals surface area contributed by atoms with Gasteiger partial charge in [-0.15, -0.1) is 11.3 Å². The fourth-order valence-corrected chi connectivity index (χ4v) is 3.79. The standard InChI is InChI=1S/C16H25N7S/c1-5-14-21-15-7-6-12(9-23(15)22-14)20-16(17-4)18-8-13-10(2)19-11(3)24-13/h12H,5-9H2,1-4H3,(H2,17,18,20). The molecule has 24 heavy (non-hydrogen) atoms. The Morgan fingerprint density at radius 1 is 1.38 bits per heavy atom. The van der Waals surface area contributed by atoms with Crippen LogP contribution in [0.5, 0.6) is 0 Å². The third-order valence-electron chi connectivity index (χ3n) is 4.20. The number of aliphatic imine (C=N–C) groups is 1. The Bertz CT molecular complexity index is 731. The number of aryl methyl sites for hydroxylation is 4. The van der Waals surface area contributed by atoms with Crippen molar-refractivity contribution in [2.24, 2.45) is 4.99 Å². The average Bonchev–Trinajstić information content (AvgIpc) is 3.13. The summed E-state index contributed by atoms with van der Waals surface area (Å²) in [6.45, 7) is 7.76. The van der Waals surface area contributed by atoms with E-state index in [1.165, 1.54) is 4.88 Å². The number of aromatic nitrogens is 4. The SMILES string of the molecule is CCc1nc2n(n1)CC(NC(=NC)NCc1sc(C)nc1C)CC2. The van der Waals surface area contributed by atoms with Crippen molar-refractivity contribution >= 4 is 17.3 Å². The van der Waals surface area contributed by atoms with Gasteiger partial charge in [0.05, 0.1) is 23.8 Å². The highest BCUT2D eigenvalue weighted by atomic mass is 32.1. The van der Waals surface area contributed by atoms with Crippen LogP contribution >= 0.6 is 11.3 Å². The van der Waals surface area contributed by atoms with E-state index in [1.54, 1.807) is 18.4 Å². The van der Waals surface area contributed by atoms with Crippen molar-refractivity contribution in [1.29, 1.82) is 0 Å². The van der Waals surface area contributed by atoms with Crippen LogP contribution < -0.4 is 10.6 Å². The predicted molar refractivity (Wildman–Crippen MR) is 96.4 cm³/mol. The van der Waals surface area contributed by atoms with E-state index in [-0.39, 0.29) is 0 Å². The number of nitrogens with one attached hydrogen (secondary N) is 2. The Labute approximate surface area is 146 Å². The molecule has 7 nitrogen and oxygen atoms in total. The molecular weight excluding hydrogens is 322 g/mol. The van der Waals surface area contributed by atoms with Gasteiger partial charge in [-0.1, -0.05) is 6.92 Å². The smallest absolute Gasteiger partial charge is 0.191 e. The fraction of sp³-hybridized carbons (Fsp3) is 0.625. The highest BCUT2D eigenvalue weighted by molar-refractivity contribution is 7.11. The molecule has 2 aromatic rings. The van der Waals surface area contributed by atoms with E-state index in [2.05, 4.69) is 44.5 Å². The van der Waals surface area contributed by atoms with Crippen molar-refractivity contribution in [2.75, 3.05) is 7.05 Å². The van der Waals surface area contributed by atoms with Gasteiger partial charge in [0.1, 0.15) is 5.82 Å². The zero-order chi connectivity index (χ0) is 17.1. The molecule has 1 aliphatic heterocycles. The van der Waals surface area contributed by atoms with Gasteiger partial charge in [-0.05, 0) is 20.3 Å². The first-order valence-corrected chi connectivity index (χ1v) is 9.23. The molecule has 0 saturated heterocycles. The molecule has 0 spiro atoms. The molecule has 130 valence electrons. The molecule has 0 bridgehead atoms. The summed E-state index contributed by atoms with van der Waals surface area (Å²) in [5.41, 5.74) is 1.09. The minimum Gasteiger partial charge on any atom is -0.352 e. The Hall–Kier alpha value is -1.96. The lowest BCUT2D eigenvalue weighted by molar-refractivity contribution is 0.392. The summed E-state index contributed by atoms with van der Waals surface area (Å²) in [6, 6.07) is 0.319. The molecular formula is C16H25N7S. The number of guanidine groups is 1. The molecule has 1 unspecified atom stereocenters. The third-order valence-corrected chi connectivity index (χ3v) is 5.27. The molecule has 0 fully saturated rings. The average molecular weight is 347 g/mol. The van der Waals surface area contributed by atoms with Gasteiger partial charge in [0.15, 0.2) is 11.8 Å².